The largest absolute Gasteiger partial charge is 0.451 e. The van der Waals surface area contributed by atoms with Crippen LogP contribution in [0.2, 0.25) is 0 Å². The Labute approximate surface area is 169 Å². The molecule has 0 aliphatic heterocycles. The Balaban J connectivity index is 1.95. The van der Waals surface area contributed by atoms with Gasteiger partial charge in [-0.25, -0.2) is 4.79 Å². The molecule has 0 radical (unpaired) electrons. The van der Waals surface area contributed by atoms with Crippen LogP contribution in [-0.4, -0.2) is 29.9 Å². The summed E-state index contributed by atoms with van der Waals surface area (Å²) >= 11 is 1.29. The highest BCUT2D eigenvalue weighted by molar-refractivity contribution is 7.12. The molecule has 1 aromatic carbocycles. The van der Waals surface area contributed by atoms with Crippen LogP contribution < -0.4 is 10.6 Å². The third kappa shape index (κ3) is 5.92. The van der Waals surface area contributed by atoms with Crippen molar-refractivity contribution in [2.75, 3.05) is 5.32 Å². The molecule has 0 fully saturated rings. The topological polar surface area (TPSA) is 84.5 Å². The average Bonchev–Trinajstić information content (AvgIpc) is 3.21. The fourth-order valence-corrected chi connectivity index (χ4v) is 3.11. The van der Waals surface area contributed by atoms with E-state index in [1.165, 1.54) is 23.8 Å². The zero-order valence-corrected chi connectivity index (χ0v) is 17.3. The molecule has 0 aliphatic carbocycles. The van der Waals surface area contributed by atoms with Gasteiger partial charge in [0, 0.05) is 5.69 Å². The molecule has 2 aromatic rings. The molecule has 0 spiro atoms. The third-order valence-electron chi connectivity index (χ3n) is 4.24. The Morgan fingerprint density at radius 1 is 1.07 bits per heavy atom. The second-order valence-electron chi connectivity index (χ2n) is 6.79. The van der Waals surface area contributed by atoms with Gasteiger partial charge in [-0.15, -0.1) is 11.3 Å². The number of amides is 2. The smallest absolute Gasteiger partial charge is 0.329 e. The van der Waals surface area contributed by atoms with E-state index in [2.05, 4.69) is 17.6 Å². The molecule has 28 heavy (non-hydrogen) atoms. The van der Waals surface area contributed by atoms with Crippen molar-refractivity contribution in [2.45, 2.75) is 46.3 Å². The van der Waals surface area contributed by atoms with Crippen LogP contribution >= 0.6 is 11.3 Å². The summed E-state index contributed by atoms with van der Waals surface area (Å²) in [4.78, 5) is 37.6. The number of hydrogen-bond acceptors (Lipinski definition) is 5. The molecule has 2 amide bonds. The maximum atomic E-state index is 12.5. The highest BCUT2D eigenvalue weighted by atomic mass is 32.1. The second kappa shape index (κ2) is 10.0. The standard InChI is InChI=1S/C21H26N2O4S/c1-5-15-8-10-16(11-9-15)22-19(24)14(4)27-21(26)18(13(2)3)23-20(25)17-7-6-12-28-17/h6-14,18H,5H2,1-4H3,(H,22,24)(H,23,25)/t14-,18+/m1/s1. The van der Waals surface area contributed by atoms with E-state index in [0.29, 0.717) is 10.6 Å². The van der Waals surface area contributed by atoms with Crippen molar-refractivity contribution in [2.24, 2.45) is 5.92 Å². The number of aryl methyl sites for hydroxylation is 1. The lowest BCUT2D eigenvalue weighted by Crippen LogP contribution is -2.47. The van der Waals surface area contributed by atoms with E-state index >= 15 is 0 Å². The van der Waals surface area contributed by atoms with Crippen LogP contribution in [0.25, 0.3) is 0 Å². The van der Waals surface area contributed by atoms with Crippen molar-refractivity contribution in [1.29, 1.82) is 0 Å². The Kier molecular flexibility index (Phi) is 7.75. The van der Waals surface area contributed by atoms with E-state index in [1.54, 1.807) is 31.4 Å². The maximum absolute atomic E-state index is 12.5. The number of carbonyl (C=O) groups is 3. The van der Waals surface area contributed by atoms with E-state index in [-0.39, 0.29) is 11.8 Å². The van der Waals surface area contributed by atoms with Gasteiger partial charge in [-0.1, -0.05) is 39.0 Å². The minimum atomic E-state index is -0.988. The predicted molar refractivity (Wildman–Crippen MR) is 110 cm³/mol. The lowest BCUT2D eigenvalue weighted by Gasteiger charge is -2.22. The number of ether oxygens (including phenoxy) is 1. The molecular formula is C21H26N2O4S. The number of benzene rings is 1. The van der Waals surface area contributed by atoms with Gasteiger partial charge >= 0.3 is 5.97 Å². The van der Waals surface area contributed by atoms with Crippen molar-refractivity contribution < 1.29 is 19.1 Å². The fraction of sp³-hybridized carbons (Fsp3) is 0.381. The first-order valence-corrected chi connectivity index (χ1v) is 10.1. The Morgan fingerprint density at radius 3 is 2.29 bits per heavy atom. The fourth-order valence-electron chi connectivity index (χ4n) is 2.49. The van der Waals surface area contributed by atoms with Gasteiger partial charge < -0.3 is 15.4 Å². The number of thiophene rings is 1. The van der Waals surface area contributed by atoms with Gasteiger partial charge in [-0.3, -0.25) is 9.59 Å². The van der Waals surface area contributed by atoms with E-state index in [1.807, 2.05) is 24.3 Å². The number of rotatable bonds is 8. The second-order valence-corrected chi connectivity index (χ2v) is 7.74. The Hall–Kier alpha value is -2.67. The summed E-state index contributed by atoms with van der Waals surface area (Å²) in [6.07, 6.45) is -0.0750. The minimum absolute atomic E-state index is 0.187. The zero-order chi connectivity index (χ0) is 20.7. The number of carbonyl (C=O) groups excluding carboxylic acids is 3. The molecule has 0 saturated carbocycles. The molecule has 0 bridgehead atoms. The van der Waals surface area contributed by atoms with Gasteiger partial charge in [0.05, 0.1) is 4.88 Å². The highest BCUT2D eigenvalue weighted by Gasteiger charge is 2.29. The number of anilines is 1. The molecular weight excluding hydrogens is 376 g/mol. The Bertz CT molecular complexity index is 800. The first kappa shape index (κ1) is 21.6. The highest BCUT2D eigenvalue weighted by Crippen LogP contribution is 2.13. The molecule has 6 nitrogen and oxygen atoms in total. The van der Waals surface area contributed by atoms with Crippen LogP contribution in [0.15, 0.2) is 41.8 Å². The van der Waals surface area contributed by atoms with E-state index in [4.69, 9.17) is 4.74 Å². The normalized spacial score (nSPS) is 12.9. The summed E-state index contributed by atoms with van der Waals surface area (Å²) in [7, 11) is 0. The number of esters is 1. The van der Waals surface area contributed by atoms with Crippen LogP contribution in [0.5, 0.6) is 0 Å². The summed E-state index contributed by atoms with van der Waals surface area (Å²) in [5.74, 6) is -1.58. The molecule has 2 N–H and O–H groups in total. The van der Waals surface area contributed by atoms with Gasteiger partial charge in [-0.2, -0.15) is 0 Å². The van der Waals surface area contributed by atoms with Gasteiger partial charge in [0.2, 0.25) is 0 Å². The predicted octanol–water partition coefficient (Wildman–Crippen LogP) is 3.64. The lowest BCUT2D eigenvalue weighted by molar-refractivity contribution is -0.156. The van der Waals surface area contributed by atoms with Crippen LogP contribution in [-0.2, 0) is 20.7 Å². The zero-order valence-electron chi connectivity index (χ0n) is 16.5. The molecule has 2 rings (SSSR count). The first-order valence-electron chi connectivity index (χ1n) is 9.26. The quantitative estimate of drug-likeness (QED) is 0.660. The van der Waals surface area contributed by atoms with E-state index < -0.39 is 24.0 Å². The molecule has 1 heterocycles. The van der Waals surface area contributed by atoms with Gasteiger partial charge in [0.1, 0.15) is 6.04 Å². The first-order chi connectivity index (χ1) is 13.3. The molecule has 0 saturated heterocycles. The van der Waals surface area contributed by atoms with Crippen LogP contribution in [0.3, 0.4) is 0 Å². The molecule has 1 aromatic heterocycles. The van der Waals surface area contributed by atoms with Crippen molar-refractivity contribution >= 4 is 34.8 Å². The van der Waals surface area contributed by atoms with Crippen molar-refractivity contribution in [3.05, 3.63) is 52.2 Å². The summed E-state index contributed by atoms with van der Waals surface area (Å²) in [6.45, 7) is 7.17. The number of hydrogen-bond donors (Lipinski definition) is 2. The van der Waals surface area contributed by atoms with Crippen LogP contribution in [0, 0.1) is 5.92 Å². The van der Waals surface area contributed by atoms with Gasteiger partial charge in [0.15, 0.2) is 6.10 Å². The average molecular weight is 403 g/mol. The van der Waals surface area contributed by atoms with Crippen LogP contribution in [0.4, 0.5) is 5.69 Å². The number of nitrogens with one attached hydrogen (secondary N) is 2. The van der Waals surface area contributed by atoms with E-state index in [9.17, 15) is 14.4 Å². The van der Waals surface area contributed by atoms with Gasteiger partial charge in [-0.05, 0) is 48.4 Å². The molecule has 2 atom stereocenters. The van der Waals surface area contributed by atoms with Crippen molar-refractivity contribution in [3.8, 4) is 0 Å². The molecule has 0 unspecified atom stereocenters. The summed E-state index contributed by atoms with van der Waals surface area (Å²) in [5, 5.41) is 7.21. The molecule has 150 valence electrons. The Morgan fingerprint density at radius 2 is 1.75 bits per heavy atom. The monoisotopic (exact) mass is 402 g/mol. The SMILES string of the molecule is CCc1ccc(NC(=O)[C@@H](C)OC(=O)[C@@H](NC(=O)c2cccs2)C(C)C)cc1. The van der Waals surface area contributed by atoms with Crippen molar-refractivity contribution in [1.82, 2.24) is 5.32 Å². The summed E-state index contributed by atoms with van der Waals surface area (Å²) in [6, 6.07) is 10.1. The van der Waals surface area contributed by atoms with Crippen molar-refractivity contribution in [3.63, 3.8) is 0 Å². The molecule has 0 aliphatic rings. The van der Waals surface area contributed by atoms with Crippen LogP contribution in [0.1, 0.15) is 42.9 Å². The molecule has 7 heteroatoms. The summed E-state index contributed by atoms with van der Waals surface area (Å²) < 4.78 is 5.31. The maximum Gasteiger partial charge on any atom is 0.329 e. The van der Waals surface area contributed by atoms with E-state index in [0.717, 1.165) is 6.42 Å². The lowest BCUT2D eigenvalue weighted by atomic mass is 10.0. The third-order valence-corrected chi connectivity index (χ3v) is 5.11. The minimum Gasteiger partial charge on any atom is -0.451 e. The van der Waals surface area contributed by atoms with Gasteiger partial charge in [0.25, 0.3) is 11.8 Å². The summed E-state index contributed by atoms with van der Waals surface area (Å²) in [5.41, 5.74) is 1.80.